The molecule has 1 heterocycles. The molecule has 0 atom stereocenters. The van der Waals surface area contributed by atoms with Crippen molar-refractivity contribution in [3.63, 3.8) is 0 Å². The van der Waals surface area contributed by atoms with Crippen molar-refractivity contribution in [3.8, 4) is 5.75 Å². The third kappa shape index (κ3) is 3.76. The van der Waals surface area contributed by atoms with Crippen LogP contribution in [0.15, 0.2) is 35.2 Å². The molecule has 1 aliphatic heterocycles. The lowest BCUT2D eigenvalue weighted by Crippen LogP contribution is -2.48. The van der Waals surface area contributed by atoms with Crippen LogP contribution in [0.1, 0.15) is 11.1 Å². The summed E-state index contributed by atoms with van der Waals surface area (Å²) in [5.74, 6) is 0.687. The molecular weight excluding hydrogens is 407 g/mol. The largest absolute Gasteiger partial charge is 0.496 e. The molecule has 0 saturated carbocycles. The maximum atomic E-state index is 13.1. The van der Waals surface area contributed by atoms with Crippen LogP contribution in [0.3, 0.4) is 0 Å². The Kier molecular flexibility index (Phi) is 5.91. The zero-order valence-corrected chi connectivity index (χ0v) is 17.8. The molecule has 1 saturated heterocycles. The molecule has 1 aliphatic rings. The lowest BCUT2D eigenvalue weighted by Gasteiger charge is -2.36. The Morgan fingerprint density at radius 3 is 2.26 bits per heavy atom. The molecule has 0 unspecified atom stereocenters. The van der Waals surface area contributed by atoms with Gasteiger partial charge in [-0.05, 0) is 49.2 Å². The van der Waals surface area contributed by atoms with E-state index in [1.165, 1.54) is 4.31 Å². The summed E-state index contributed by atoms with van der Waals surface area (Å²) in [6, 6.07) is 8.81. The molecule has 1 fully saturated rings. The molecule has 0 aliphatic carbocycles. The summed E-state index contributed by atoms with van der Waals surface area (Å²) in [4.78, 5) is 2.39. The van der Waals surface area contributed by atoms with E-state index in [1.807, 2.05) is 26.0 Å². The van der Waals surface area contributed by atoms with E-state index in [-0.39, 0.29) is 0 Å². The van der Waals surface area contributed by atoms with Crippen LogP contribution in [0.2, 0.25) is 10.0 Å². The van der Waals surface area contributed by atoms with Gasteiger partial charge in [0.05, 0.1) is 27.7 Å². The van der Waals surface area contributed by atoms with Crippen LogP contribution in [0.4, 0.5) is 5.69 Å². The first kappa shape index (κ1) is 20.3. The average molecular weight is 429 g/mol. The summed E-state index contributed by atoms with van der Waals surface area (Å²) in [6.45, 7) is 5.55. The molecule has 0 bridgehead atoms. The van der Waals surface area contributed by atoms with E-state index in [1.54, 1.807) is 25.3 Å². The van der Waals surface area contributed by atoms with Gasteiger partial charge in [0, 0.05) is 26.2 Å². The normalized spacial score (nSPS) is 15.8. The minimum Gasteiger partial charge on any atom is -0.496 e. The fraction of sp³-hybridized carbons (Fsp3) is 0.368. The lowest BCUT2D eigenvalue weighted by atomic mass is 10.1. The second-order valence-electron chi connectivity index (χ2n) is 6.48. The Hall–Kier alpha value is -1.47. The number of methoxy groups -OCH3 is 1. The van der Waals surface area contributed by atoms with Gasteiger partial charge in [-0.1, -0.05) is 29.3 Å². The Morgan fingerprint density at radius 1 is 0.963 bits per heavy atom. The van der Waals surface area contributed by atoms with Crippen molar-refractivity contribution >= 4 is 38.9 Å². The van der Waals surface area contributed by atoms with Crippen LogP contribution in [0.25, 0.3) is 0 Å². The van der Waals surface area contributed by atoms with Crippen LogP contribution < -0.4 is 9.64 Å². The van der Waals surface area contributed by atoms with E-state index in [0.717, 1.165) is 16.8 Å². The lowest BCUT2D eigenvalue weighted by molar-refractivity contribution is 0.384. The predicted molar refractivity (Wildman–Crippen MR) is 110 cm³/mol. The predicted octanol–water partition coefficient (Wildman–Crippen LogP) is 4.13. The fourth-order valence-electron chi connectivity index (χ4n) is 3.32. The smallest absolute Gasteiger partial charge is 0.243 e. The van der Waals surface area contributed by atoms with Crippen LogP contribution in [-0.4, -0.2) is 46.0 Å². The quantitative estimate of drug-likeness (QED) is 0.734. The minimum atomic E-state index is -3.57. The minimum absolute atomic E-state index is 0.329. The van der Waals surface area contributed by atoms with Gasteiger partial charge >= 0.3 is 0 Å². The molecule has 5 nitrogen and oxygen atoms in total. The molecule has 0 amide bonds. The monoisotopic (exact) mass is 428 g/mol. The first-order valence-corrected chi connectivity index (χ1v) is 10.8. The maximum Gasteiger partial charge on any atom is 0.243 e. The molecule has 27 heavy (non-hydrogen) atoms. The molecular formula is C19H22Cl2N2O3S. The van der Waals surface area contributed by atoms with Gasteiger partial charge in [0.1, 0.15) is 5.75 Å². The van der Waals surface area contributed by atoms with Gasteiger partial charge < -0.3 is 9.64 Å². The van der Waals surface area contributed by atoms with Gasteiger partial charge in [0.15, 0.2) is 0 Å². The van der Waals surface area contributed by atoms with Gasteiger partial charge in [-0.15, -0.1) is 0 Å². The van der Waals surface area contributed by atoms with Crippen molar-refractivity contribution < 1.29 is 13.2 Å². The second kappa shape index (κ2) is 7.87. The number of piperazine rings is 1. The van der Waals surface area contributed by atoms with Crippen molar-refractivity contribution in [2.45, 2.75) is 18.7 Å². The van der Waals surface area contributed by atoms with E-state index in [2.05, 4.69) is 4.90 Å². The number of nitrogens with zero attached hydrogens (tertiary/aromatic N) is 2. The van der Waals surface area contributed by atoms with E-state index < -0.39 is 10.0 Å². The topological polar surface area (TPSA) is 49.9 Å². The standard InChI is InChI=1S/C19H22Cl2N2O3S/c1-13-14(2)18(8-7-17(13)26-3)27(24,25)23-11-9-22(10-12-23)16-6-4-5-15(20)19(16)21/h4-8H,9-12H2,1-3H3. The number of anilines is 1. The Bertz CT molecular complexity index is 956. The summed E-state index contributed by atoms with van der Waals surface area (Å²) in [7, 11) is -1.99. The molecule has 0 spiro atoms. The number of ether oxygens (including phenoxy) is 1. The molecule has 0 radical (unpaired) electrons. The van der Waals surface area contributed by atoms with Crippen LogP contribution in [-0.2, 0) is 10.0 Å². The number of halogens is 2. The van der Waals surface area contributed by atoms with Gasteiger partial charge in [-0.25, -0.2) is 8.42 Å². The highest BCUT2D eigenvalue weighted by Gasteiger charge is 2.31. The summed E-state index contributed by atoms with van der Waals surface area (Å²) >= 11 is 12.4. The zero-order valence-electron chi connectivity index (χ0n) is 15.5. The fourth-order valence-corrected chi connectivity index (χ4v) is 5.43. The SMILES string of the molecule is COc1ccc(S(=O)(=O)N2CCN(c3cccc(Cl)c3Cl)CC2)c(C)c1C. The molecule has 0 aromatic heterocycles. The van der Waals surface area contributed by atoms with E-state index in [0.29, 0.717) is 46.9 Å². The first-order valence-electron chi connectivity index (χ1n) is 8.60. The highest BCUT2D eigenvalue weighted by molar-refractivity contribution is 7.89. The van der Waals surface area contributed by atoms with Crippen LogP contribution in [0.5, 0.6) is 5.75 Å². The average Bonchev–Trinajstić information content (AvgIpc) is 2.66. The number of rotatable bonds is 4. The summed E-state index contributed by atoms with van der Waals surface area (Å²) in [6.07, 6.45) is 0. The summed E-state index contributed by atoms with van der Waals surface area (Å²) < 4.78 is 33.1. The zero-order chi connectivity index (χ0) is 19.8. The Balaban J connectivity index is 1.81. The molecule has 146 valence electrons. The van der Waals surface area contributed by atoms with Gasteiger partial charge in [0.25, 0.3) is 0 Å². The van der Waals surface area contributed by atoms with Gasteiger partial charge in [0.2, 0.25) is 10.0 Å². The molecule has 8 heteroatoms. The van der Waals surface area contributed by atoms with E-state index in [9.17, 15) is 8.42 Å². The molecule has 2 aromatic carbocycles. The number of hydrogen-bond donors (Lipinski definition) is 0. The highest BCUT2D eigenvalue weighted by Crippen LogP contribution is 2.34. The third-order valence-electron chi connectivity index (χ3n) is 5.04. The summed E-state index contributed by atoms with van der Waals surface area (Å²) in [5, 5.41) is 0.991. The van der Waals surface area contributed by atoms with Crippen LogP contribution in [0, 0.1) is 13.8 Å². The van der Waals surface area contributed by atoms with E-state index >= 15 is 0 Å². The molecule has 2 aromatic rings. The van der Waals surface area contributed by atoms with E-state index in [4.69, 9.17) is 27.9 Å². The highest BCUT2D eigenvalue weighted by atomic mass is 35.5. The molecule has 3 rings (SSSR count). The van der Waals surface area contributed by atoms with Crippen molar-refractivity contribution in [1.29, 1.82) is 0 Å². The van der Waals surface area contributed by atoms with Gasteiger partial charge in [-0.2, -0.15) is 4.31 Å². The van der Waals surface area contributed by atoms with Crippen molar-refractivity contribution in [1.82, 2.24) is 4.31 Å². The van der Waals surface area contributed by atoms with Crippen molar-refractivity contribution in [2.75, 3.05) is 38.2 Å². The van der Waals surface area contributed by atoms with Gasteiger partial charge in [-0.3, -0.25) is 0 Å². The molecule has 0 N–H and O–H groups in total. The number of sulfonamides is 1. The van der Waals surface area contributed by atoms with Crippen molar-refractivity contribution in [3.05, 3.63) is 51.5 Å². The third-order valence-corrected chi connectivity index (χ3v) is 7.89. The number of benzene rings is 2. The van der Waals surface area contributed by atoms with Crippen molar-refractivity contribution in [2.24, 2.45) is 0 Å². The Morgan fingerprint density at radius 2 is 1.63 bits per heavy atom. The number of hydrogen-bond acceptors (Lipinski definition) is 4. The van der Waals surface area contributed by atoms with Crippen LogP contribution >= 0.6 is 23.2 Å². The first-order chi connectivity index (χ1) is 12.8. The Labute approximate surface area is 170 Å². The maximum absolute atomic E-state index is 13.1. The summed E-state index contributed by atoms with van der Waals surface area (Å²) in [5.41, 5.74) is 2.38. The second-order valence-corrected chi connectivity index (χ2v) is 9.17.